The minimum Gasteiger partial charge on any atom is -0.488 e. The van der Waals surface area contributed by atoms with Crippen LogP contribution in [0.25, 0.3) is 10.8 Å². The van der Waals surface area contributed by atoms with E-state index >= 15 is 0 Å². The van der Waals surface area contributed by atoms with Gasteiger partial charge in [0.25, 0.3) is 0 Å². The normalized spacial score (nSPS) is 11.3. The van der Waals surface area contributed by atoms with Gasteiger partial charge in [0.15, 0.2) is 0 Å². The molecule has 0 aliphatic carbocycles. The van der Waals surface area contributed by atoms with E-state index in [1.54, 1.807) is 0 Å². The molecule has 0 aliphatic rings. The predicted octanol–water partition coefficient (Wildman–Crippen LogP) is 7.44. The predicted molar refractivity (Wildman–Crippen MR) is 123 cm³/mol. The first-order valence-corrected chi connectivity index (χ1v) is 9.98. The number of aryl methyl sites for hydroxylation is 2. The first-order valence-electron chi connectivity index (χ1n) is 9.60. The van der Waals surface area contributed by atoms with Gasteiger partial charge >= 0.3 is 0 Å². The molecule has 0 radical (unpaired) electrons. The molecule has 0 N–H and O–H groups in total. The van der Waals surface area contributed by atoms with Crippen molar-refractivity contribution in [1.29, 1.82) is 0 Å². The Morgan fingerprint density at radius 3 is 2.59 bits per heavy atom. The first kappa shape index (κ1) is 19.2. The molecule has 0 saturated heterocycles. The third-order valence-corrected chi connectivity index (χ3v) is 5.17. The Morgan fingerprint density at radius 1 is 0.897 bits per heavy atom. The van der Waals surface area contributed by atoms with Gasteiger partial charge in [-0.3, -0.25) is 4.99 Å². The van der Waals surface area contributed by atoms with E-state index in [0.717, 1.165) is 28.1 Å². The van der Waals surface area contributed by atoms with Crippen LogP contribution in [0.3, 0.4) is 0 Å². The summed E-state index contributed by atoms with van der Waals surface area (Å²) in [6.45, 7) is 4.62. The molecule has 144 valence electrons. The Morgan fingerprint density at radius 2 is 1.72 bits per heavy atom. The smallest absolute Gasteiger partial charge is 0.128 e. The summed E-state index contributed by atoms with van der Waals surface area (Å²) in [5, 5.41) is 3.07. The van der Waals surface area contributed by atoms with Crippen LogP contribution in [0.1, 0.15) is 22.3 Å². The first-order chi connectivity index (χ1) is 14.1. The van der Waals surface area contributed by atoms with E-state index in [0.29, 0.717) is 11.6 Å². The second kappa shape index (κ2) is 8.50. The fourth-order valence-corrected chi connectivity index (χ4v) is 3.60. The molecule has 4 rings (SSSR count). The molecule has 0 aromatic heterocycles. The van der Waals surface area contributed by atoms with Crippen LogP contribution in [0.5, 0.6) is 5.75 Å². The number of benzene rings is 4. The van der Waals surface area contributed by atoms with Crippen LogP contribution in [-0.4, -0.2) is 6.21 Å². The zero-order chi connectivity index (χ0) is 20.2. The van der Waals surface area contributed by atoms with Crippen LogP contribution >= 0.6 is 11.6 Å². The quantitative estimate of drug-likeness (QED) is 0.319. The molecule has 3 heteroatoms. The monoisotopic (exact) mass is 399 g/mol. The van der Waals surface area contributed by atoms with Crippen LogP contribution in [-0.2, 0) is 6.61 Å². The Hall–Kier alpha value is -3.10. The largest absolute Gasteiger partial charge is 0.488 e. The molecule has 0 atom stereocenters. The second-order valence-corrected chi connectivity index (χ2v) is 7.59. The molecule has 0 saturated carbocycles. The minimum atomic E-state index is 0.480. The number of rotatable bonds is 5. The number of ether oxygens (including phenoxy) is 1. The van der Waals surface area contributed by atoms with Gasteiger partial charge in [0, 0.05) is 16.8 Å². The van der Waals surface area contributed by atoms with Gasteiger partial charge in [0.2, 0.25) is 0 Å². The molecule has 0 spiro atoms. The van der Waals surface area contributed by atoms with E-state index in [1.165, 1.54) is 16.3 Å². The molecule has 0 amide bonds. The number of halogens is 1. The molecule has 0 unspecified atom stereocenters. The number of nitrogens with zero attached hydrogens (tertiary/aromatic N) is 1. The van der Waals surface area contributed by atoms with E-state index in [9.17, 15) is 0 Å². The van der Waals surface area contributed by atoms with E-state index in [2.05, 4.69) is 67.4 Å². The van der Waals surface area contributed by atoms with E-state index in [-0.39, 0.29) is 0 Å². The number of aliphatic imine (C=N–C) groups is 1. The summed E-state index contributed by atoms with van der Waals surface area (Å²) in [5.41, 5.74) is 5.31. The lowest BCUT2D eigenvalue weighted by Crippen LogP contribution is -1.99. The van der Waals surface area contributed by atoms with Gasteiger partial charge in [-0.25, -0.2) is 0 Å². The maximum Gasteiger partial charge on any atom is 0.128 e. The Bertz CT molecular complexity index is 1190. The molecule has 4 aromatic rings. The summed E-state index contributed by atoms with van der Waals surface area (Å²) < 4.78 is 6.17. The van der Waals surface area contributed by atoms with Gasteiger partial charge in [-0.05, 0) is 60.0 Å². The Balaban J connectivity index is 1.60. The van der Waals surface area contributed by atoms with Crippen LogP contribution in [0, 0.1) is 13.8 Å². The van der Waals surface area contributed by atoms with Crippen LogP contribution < -0.4 is 4.74 Å². The average Bonchev–Trinajstić information content (AvgIpc) is 2.72. The average molecular weight is 400 g/mol. The third kappa shape index (κ3) is 4.49. The molecule has 29 heavy (non-hydrogen) atoms. The summed E-state index contributed by atoms with van der Waals surface area (Å²) in [5.74, 6) is 0.760. The lowest BCUT2D eigenvalue weighted by atomic mass is 10.1. The van der Waals surface area contributed by atoms with Gasteiger partial charge in [-0.1, -0.05) is 71.8 Å². The van der Waals surface area contributed by atoms with E-state index in [1.807, 2.05) is 36.5 Å². The molecular formula is C26H22ClNO. The van der Waals surface area contributed by atoms with E-state index < -0.39 is 0 Å². The molecule has 0 aliphatic heterocycles. The summed E-state index contributed by atoms with van der Waals surface area (Å²) in [6.07, 6.45) is 1.82. The second-order valence-electron chi connectivity index (χ2n) is 7.16. The molecule has 0 heterocycles. The van der Waals surface area contributed by atoms with Crippen molar-refractivity contribution in [3.05, 3.63) is 106 Å². The SMILES string of the molecule is Cc1ccc(N=Cc2cc(Cl)ccc2OCc2cccc3ccccc23)c(C)c1. The van der Waals surface area contributed by atoms with Gasteiger partial charge in [-0.2, -0.15) is 0 Å². The van der Waals surface area contributed by atoms with Crippen LogP contribution in [0.15, 0.2) is 83.9 Å². The Labute approximate surface area is 176 Å². The van der Waals surface area contributed by atoms with Gasteiger partial charge in [0.05, 0.1) is 5.69 Å². The fourth-order valence-electron chi connectivity index (χ4n) is 3.41. The number of hydrogen-bond acceptors (Lipinski definition) is 2. The van der Waals surface area contributed by atoms with Gasteiger partial charge < -0.3 is 4.74 Å². The lowest BCUT2D eigenvalue weighted by molar-refractivity contribution is 0.307. The summed E-state index contributed by atoms with van der Waals surface area (Å²) in [7, 11) is 0. The van der Waals surface area contributed by atoms with Crippen molar-refractivity contribution in [2.75, 3.05) is 0 Å². The maximum atomic E-state index is 6.23. The number of fused-ring (bicyclic) bond motifs is 1. The van der Waals surface area contributed by atoms with Gasteiger partial charge in [0.1, 0.15) is 12.4 Å². The summed E-state index contributed by atoms with van der Waals surface area (Å²) >= 11 is 6.23. The number of hydrogen-bond donors (Lipinski definition) is 0. The molecular weight excluding hydrogens is 378 g/mol. The zero-order valence-corrected chi connectivity index (χ0v) is 17.3. The Kier molecular flexibility index (Phi) is 5.64. The zero-order valence-electron chi connectivity index (χ0n) is 16.5. The standard InChI is InChI=1S/C26H22ClNO/c1-18-10-12-25(19(2)14-18)28-16-22-15-23(27)11-13-26(22)29-17-21-8-5-7-20-6-3-4-9-24(20)21/h3-16H,17H2,1-2H3. The van der Waals surface area contributed by atoms with Crippen molar-refractivity contribution < 1.29 is 4.74 Å². The van der Waals surface area contributed by atoms with E-state index in [4.69, 9.17) is 16.3 Å². The van der Waals surface area contributed by atoms with Gasteiger partial charge in [-0.15, -0.1) is 0 Å². The highest BCUT2D eigenvalue weighted by atomic mass is 35.5. The highest BCUT2D eigenvalue weighted by Crippen LogP contribution is 2.26. The van der Waals surface area contributed by atoms with Crippen LogP contribution in [0.2, 0.25) is 5.02 Å². The molecule has 0 fully saturated rings. The minimum absolute atomic E-state index is 0.480. The van der Waals surface area contributed by atoms with Crippen LogP contribution in [0.4, 0.5) is 5.69 Å². The summed E-state index contributed by atoms with van der Waals surface area (Å²) in [6, 6.07) is 26.5. The van der Waals surface area contributed by atoms with Crippen molar-refractivity contribution in [2.45, 2.75) is 20.5 Å². The van der Waals surface area contributed by atoms with Crippen molar-refractivity contribution >= 4 is 34.3 Å². The van der Waals surface area contributed by atoms with Crippen molar-refractivity contribution in [1.82, 2.24) is 0 Å². The van der Waals surface area contributed by atoms with Crippen molar-refractivity contribution in [3.63, 3.8) is 0 Å². The third-order valence-electron chi connectivity index (χ3n) is 4.93. The fraction of sp³-hybridized carbons (Fsp3) is 0.115. The maximum absolute atomic E-state index is 6.23. The molecule has 0 bridgehead atoms. The highest BCUT2D eigenvalue weighted by molar-refractivity contribution is 6.30. The highest BCUT2D eigenvalue weighted by Gasteiger charge is 2.06. The lowest BCUT2D eigenvalue weighted by Gasteiger charge is -2.12. The van der Waals surface area contributed by atoms with Crippen molar-refractivity contribution in [2.24, 2.45) is 4.99 Å². The van der Waals surface area contributed by atoms with Crippen molar-refractivity contribution in [3.8, 4) is 5.75 Å². The molecule has 4 aromatic carbocycles. The summed E-state index contributed by atoms with van der Waals surface area (Å²) in [4.78, 5) is 4.66. The topological polar surface area (TPSA) is 21.6 Å². The molecule has 2 nitrogen and oxygen atoms in total.